The van der Waals surface area contributed by atoms with Crippen molar-refractivity contribution in [3.63, 3.8) is 0 Å². The van der Waals surface area contributed by atoms with Crippen molar-refractivity contribution in [2.75, 3.05) is 0 Å². The van der Waals surface area contributed by atoms with E-state index in [-0.39, 0.29) is 23.8 Å². The lowest BCUT2D eigenvalue weighted by Gasteiger charge is -2.03. The molecule has 1 aromatic carbocycles. The standard InChI is InChI=1S/C12H16N14/c13-9(14)17-11-19-23-25(21-11)5-7-2-1-3-8(4-7)6-26-22-12(20-24-26)18-10(15)16/h1-4H,5-6H2,(H4,13,14,17,21)(H4,15,16,18,22). The van der Waals surface area contributed by atoms with Gasteiger partial charge >= 0.3 is 0 Å². The van der Waals surface area contributed by atoms with Gasteiger partial charge < -0.3 is 22.9 Å². The Morgan fingerprint density at radius 2 is 1.27 bits per heavy atom. The van der Waals surface area contributed by atoms with Crippen LogP contribution < -0.4 is 22.9 Å². The monoisotopic (exact) mass is 356 g/mol. The number of guanidine groups is 2. The molecule has 26 heavy (non-hydrogen) atoms. The van der Waals surface area contributed by atoms with Crippen LogP contribution in [0.5, 0.6) is 0 Å². The first-order chi connectivity index (χ1) is 12.5. The Balaban J connectivity index is 1.70. The average Bonchev–Trinajstić information content (AvgIpc) is 3.16. The fraction of sp³-hybridized carbons (Fsp3) is 0.167. The molecule has 0 atom stereocenters. The second kappa shape index (κ2) is 7.20. The molecule has 0 unspecified atom stereocenters. The predicted octanol–water partition coefficient (Wildman–Crippen LogP) is -2.43. The largest absolute Gasteiger partial charge is 0.370 e. The quantitative estimate of drug-likeness (QED) is 0.270. The molecule has 0 amide bonds. The Kier molecular flexibility index (Phi) is 4.64. The number of benzene rings is 1. The summed E-state index contributed by atoms with van der Waals surface area (Å²) in [5.41, 5.74) is 23.0. The minimum absolute atomic E-state index is 0.0974. The van der Waals surface area contributed by atoms with Crippen LogP contribution >= 0.6 is 0 Å². The maximum absolute atomic E-state index is 5.28. The van der Waals surface area contributed by atoms with Crippen LogP contribution in [0.1, 0.15) is 11.1 Å². The SMILES string of the molecule is NC(N)=Nc1nnn(Cc2cccc(Cn3nnc(N=C(N)N)n3)c2)n1. The van der Waals surface area contributed by atoms with Gasteiger partial charge in [-0.1, -0.05) is 34.5 Å². The van der Waals surface area contributed by atoms with E-state index in [2.05, 4.69) is 40.8 Å². The summed E-state index contributed by atoms with van der Waals surface area (Å²) in [5.74, 6) is -0.0700. The summed E-state index contributed by atoms with van der Waals surface area (Å²) >= 11 is 0. The summed E-state index contributed by atoms with van der Waals surface area (Å²) in [4.78, 5) is 10.2. The van der Waals surface area contributed by atoms with Crippen LogP contribution in [-0.2, 0) is 13.1 Å². The Bertz CT molecular complexity index is 869. The fourth-order valence-corrected chi connectivity index (χ4v) is 2.08. The van der Waals surface area contributed by atoms with Gasteiger partial charge in [-0.25, -0.2) is 0 Å². The van der Waals surface area contributed by atoms with Crippen LogP contribution in [0, 0.1) is 0 Å². The zero-order valence-electron chi connectivity index (χ0n) is 13.5. The highest BCUT2D eigenvalue weighted by atomic mass is 15.6. The first kappa shape index (κ1) is 16.7. The number of tetrazole rings is 2. The number of aliphatic imine (C=N–C) groups is 2. The van der Waals surface area contributed by atoms with Crippen molar-refractivity contribution in [2.24, 2.45) is 32.9 Å². The van der Waals surface area contributed by atoms with Gasteiger partial charge in [0.15, 0.2) is 11.9 Å². The van der Waals surface area contributed by atoms with Gasteiger partial charge in [0.25, 0.3) is 11.9 Å². The van der Waals surface area contributed by atoms with Crippen LogP contribution in [0.4, 0.5) is 11.9 Å². The van der Waals surface area contributed by atoms with Gasteiger partial charge in [0.1, 0.15) is 0 Å². The highest BCUT2D eigenvalue weighted by Gasteiger charge is 2.06. The van der Waals surface area contributed by atoms with Crippen molar-refractivity contribution in [2.45, 2.75) is 13.1 Å². The summed E-state index contributed by atoms with van der Waals surface area (Å²) < 4.78 is 0. The van der Waals surface area contributed by atoms with E-state index < -0.39 is 0 Å². The lowest BCUT2D eigenvalue weighted by atomic mass is 10.1. The smallest absolute Gasteiger partial charge is 0.292 e. The van der Waals surface area contributed by atoms with Gasteiger partial charge in [0.2, 0.25) is 0 Å². The topological polar surface area (TPSA) is 216 Å². The maximum atomic E-state index is 5.28. The van der Waals surface area contributed by atoms with E-state index in [0.717, 1.165) is 11.1 Å². The molecule has 0 aliphatic rings. The van der Waals surface area contributed by atoms with Crippen molar-refractivity contribution in [3.05, 3.63) is 35.4 Å². The van der Waals surface area contributed by atoms with Gasteiger partial charge in [-0.3, -0.25) is 0 Å². The van der Waals surface area contributed by atoms with E-state index in [4.69, 9.17) is 22.9 Å². The molecule has 0 bridgehead atoms. The molecule has 0 aliphatic heterocycles. The molecule has 134 valence electrons. The second-order valence-corrected chi connectivity index (χ2v) is 5.13. The molecule has 2 heterocycles. The van der Waals surface area contributed by atoms with Crippen LogP contribution in [-0.4, -0.2) is 52.3 Å². The van der Waals surface area contributed by atoms with Gasteiger partial charge in [-0.05, 0) is 21.6 Å². The summed E-state index contributed by atoms with van der Waals surface area (Å²) in [6, 6.07) is 7.69. The maximum Gasteiger partial charge on any atom is 0.292 e. The first-order valence-electron chi connectivity index (χ1n) is 7.30. The molecule has 14 heteroatoms. The van der Waals surface area contributed by atoms with Gasteiger partial charge in [0, 0.05) is 0 Å². The zero-order chi connectivity index (χ0) is 18.5. The van der Waals surface area contributed by atoms with Crippen molar-refractivity contribution in [3.8, 4) is 0 Å². The summed E-state index contributed by atoms with van der Waals surface area (Å²) in [5, 5.41) is 23.4. The van der Waals surface area contributed by atoms with Crippen LogP contribution in [0.15, 0.2) is 34.3 Å². The molecule has 0 aliphatic carbocycles. The highest BCUT2D eigenvalue weighted by Crippen LogP contribution is 2.09. The van der Waals surface area contributed by atoms with E-state index in [9.17, 15) is 0 Å². The van der Waals surface area contributed by atoms with Crippen molar-refractivity contribution < 1.29 is 0 Å². The van der Waals surface area contributed by atoms with E-state index in [1.807, 2.05) is 24.3 Å². The van der Waals surface area contributed by atoms with E-state index in [0.29, 0.717) is 13.1 Å². The lowest BCUT2D eigenvalue weighted by Crippen LogP contribution is -2.22. The molecule has 8 N–H and O–H groups in total. The molecule has 3 aromatic rings. The number of hydrogen-bond acceptors (Lipinski definition) is 8. The predicted molar refractivity (Wildman–Crippen MR) is 91.2 cm³/mol. The highest BCUT2D eigenvalue weighted by molar-refractivity contribution is 5.78. The molecule has 0 radical (unpaired) electrons. The fourth-order valence-electron chi connectivity index (χ4n) is 2.08. The molecule has 14 nitrogen and oxygen atoms in total. The summed E-state index contributed by atoms with van der Waals surface area (Å²) in [6.07, 6.45) is 0. The number of nitrogens with two attached hydrogens (primary N) is 4. The van der Waals surface area contributed by atoms with Crippen LogP contribution in [0.2, 0.25) is 0 Å². The van der Waals surface area contributed by atoms with Crippen LogP contribution in [0.3, 0.4) is 0 Å². The van der Waals surface area contributed by atoms with E-state index >= 15 is 0 Å². The average molecular weight is 356 g/mol. The number of rotatable bonds is 6. The van der Waals surface area contributed by atoms with Crippen molar-refractivity contribution >= 4 is 23.8 Å². The minimum atomic E-state index is -0.132. The van der Waals surface area contributed by atoms with Gasteiger partial charge in [-0.2, -0.15) is 19.6 Å². The molecule has 2 aromatic heterocycles. The molecule has 0 saturated carbocycles. The Morgan fingerprint density at radius 1 is 0.808 bits per heavy atom. The van der Waals surface area contributed by atoms with E-state index in [1.165, 1.54) is 9.59 Å². The molecular weight excluding hydrogens is 340 g/mol. The Hall–Kier alpha value is -4.10. The molecular formula is C12H16N14. The van der Waals surface area contributed by atoms with Gasteiger partial charge in [-0.15, -0.1) is 10.2 Å². The molecule has 0 spiro atoms. The molecule has 0 fully saturated rings. The number of nitrogens with zero attached hydrogens (tertiary/aromatic N) is 10. The zero-order valence-corrected chi connectivity index (χ0v) is 13.5. The number of hydrogen-bond donors (Lipinski definition) is 4. The summed E-state index contributed by atoms with van der Waals surface area (Å²) in [7, 11) is 0. The van der Waals surface area contributed by atoms with Gasteiger partial charge in [0.05, 0.1) is 13.1 Å². The van der Waals surface area contributed by atoms with E-state index in [1.54, 1.807) is 0 Å². The Labute approximate surface area is 146 Å². The second-order valence-electron chi connectivity index (χ2n) is 5.13. The molecule has 3 rings (SSSR count). The third kappa shape index (κ3) is 4.47. The first-order valence-corrected chi connectivity index (χ1v) is 7.30. The Morgan fingerprint density at radius 3 is 1.69 bits per heavy atom. The lowest BCUT2D eigenvalue weighted by molar-refractivity contribution is 0.564. The third-order valence-electron chi connectivity index (χ3n) is 2.98. The van der Waals surface area contributed by atoms with Crippen molar-refractivity contribution in [1.82, 2.24) is 40.4 Å². The third-order valence-corrected chi connectivity index (χ3v) is 2.98. The number of aromatic nitrogens is 8. The van der Waals surface area contributed by atoms with Crippen LogP contribution in [0.25, 0.3) is 0 Å². The minimum Gasteiger partial charge on any atom is -0.370 e. The normalized spacial score (nSPS) is 10.5. The van der Waals surface area contributed by atoms with Crippen molar-refractivity contribution in [1.29, 1.82) is 0 Å². The molecule has 0 saturated heterocycles. The summed E-state index contributed by atoms with van der Waals surface area (Å²) in [6.45, 7) is 0.787.